The molecule has 12 rings (SSSR count). The van der Waals surface area contributed by atoms with Gasteiger partial charge in [-0.2, -0.15) is 0 Å². The second kappa shape index (κ2) is 13.8. The van der Waals surface area contributed by atoms with Crippen molar-refractivity contribution in [2.45, 2.75) is 0 Å². The maximum Gasteiger partial charge on any atom is 0.138 e. The Hall–Kier alpha value is -8.15. The van der Waals surface area contributed by atoms with Crippen LogP contribution in [0, 0.1) is 0 Å². The molecule has 7 aromatic carbocycles. The Labute approximate surface area is 346 Å². The summed E-state index contributed by atoms with van der Waals surface area (Å²) in [6.45, 7) is 0. The van der Waals surface area contributed by atoms with Gasteiger partial charge in [-0.1, -0.05) is 146 Å². The summed E-state index contributed by atoms with van der Waals surface area (Å²) in [4.78, 5) is 14.6. The van der Waals surface area contributed by atoms with E-state index in [4.69, 9.17) is 9.97 Å². The fourth-order valence-electron chi connectivity index (χ4n) is 9.20. The normalized spacial score (nSPS) is 11.7. The molecule has 0 amide bonds. The minimum atomic E-state index is 0.853. The number of nitrogens with zero attached hydrogens (tertiary/aromatic N) is 5. The summed E-state index contributed by atoms with van der Waals surface area (Å²) in [6.07, 6.45) is 7.79. The van der Waals surface area contributed by atoms with Crippen molar-refractivity contribution < 1.29 is 0 Å². The zero-order valence-corrected chi connectivity index (χ0v) is 32.4. The van der Waals surface area contributed by atoms with Gasteiger partial charge in [0.15, 0.2) is 0 Å². The molecule has 280 valence electrons. The lowest BCUT2D eigenvalue weighted by molar-refractivity contribution is 1.06. The Morgan fingerprint density at radius 1 is 0.400 bits per heavy atom. The molecular formula is C55H35N5. The number of imidazole rings is 1. The SMILES string of the molecule is c1ccc(-c2c(-c3ccccc3)n(-c3cccc(-c4ccncc4)n3)c3c4ccccc4c4cc(-c5ccc(-c6cn7ccccc7n6)cc5)c5ccccc5c4c23)cc1. The van der Waals surface area contributed by atoms with Gasteiger partial charge in [0.25, 0.3) is 0 Å². The van der Waals surface area contributed by atoms with Crippen LogP contribution >= 0.6 is 0 Å². The smallest absolute Gasteiger partial charge is 0.138 e. The fraction of sp³-hybridized carbons (Fsp3) is 0. The summed E-state index contributed by atoms with van der Waals surface area (Å²) in [7, 11) is 0. The van der Waals surface area contributed by atoms with Gasteiger partial charge in [0.2, 0.25) is 0 Å². The maximum atomic E-state index is 5.43. The maximum absolute atomic E-state index is 5.43. The van der Waals surface area contributed by atoms with E-state index in [0.29, 0.717) is 0 Å². The average molecular weight is 766 g/mol. The van der Waals surface area contributed by atoms with E-state index in [1.165, 1.54) is 48.8 Å². The molecule has 5 heteroatoms. The third-order valence-electron chi connectivity index (χ3n) is 11.8. The van der Waals surface area contributed by atoms with Crippen LogP contribution < -0.4 is 0 Å². The molecule has 12 aromatic rings. The van der Waals surface area contributed by atoms with Gasteiger partial charge in [-0.15, -0.1) is 0 Å². The summed E-state index contributed by atoms with van der Waals surface area (Å²) in [6, 6.07) is 67.3. The first-order chi connectivity index (χ1) is 29.8. The van der Waals surface area contributed by atoms with Crippen LogP contribution in [0.4, 0.5) is 0 Å². The second-order valence-electron chi connectivity index (χ2n) is 15.2. The van der Waals surface area contributed by atoms with Crippen LogP contribution in [0.5, 0.6) is 0 Å². The lowest BCUT2D eigenvalue weighted by Crippen LogP contribution is -2.02. The van der Waals surface area contributed by atoms with Crippen molar-refractivity contribution in [1.82, 2.24) is 23.9 Å². The van der Waals surface area contributed by atoms with Crippen LogP contribution in [0.1, 0.15) is 0 Å². The lowest BCUT2D eigenvalue weighted by Gasteiger charge is -2.17. The highest BCUT2D eigenvalue weighted by atomic mass is 15.1. The molecule has 5 heterocycles. The molecule has 0 fully saturated rings. The van der Waals surface area contributed by atoms with Gasteiger partial charge in [0.05, 0.1) is 22.6 Å². The largest absolute Gasteiger partial charge is 0.306 e. The standard InChI is InChI=1S/C55H35N5/c1-3-14-39(15-4-1)51-53-52-43-20-9-7-18-41(43)45(36-25-27-37(28-26-36)48-35-59-33-12-11-23-49(59)58-48)34-46(52)42-19-8-10-21-44(42)55(53)60(54(51)40-16-5-2-6-17-40)50-24-13-22-47(57-50)38-29-31-56-32-30-38/h1-35H. The number of rotatable bonds is 6. The molecule has 0 radical (unpaired) electrons. The summed E-state index contributed by atoms with van der Waals surface area (Å²) in [5.41, 5.74) is 12.9. The van der Waals surface area contributed by atoms with Gasteiger partial charge in [-0.3, -0.25) is 9.55 Å². The van der Waals surface area contributed by atoms with E-state index in [-0.39, 0.29) is 0 Å². The Morgan fingerprint density at radius 2 is 1.05 bits per heavy atom. The average Bonchev–Trinajstić information content (AvgIpc) is 3.93. The molecule has 5 aromatic heterocycles. The third kappa shape index (κ3) is 5.37. The quantitative estimate of drug-likeness (QED) is 0.158. The Kier molecular flexibility index (Phi) is 7.78. The predicted octanol–water partition coefficient (Wildman–Crippen LogP) is 13.9. The number of fused-ring (bicyclic) bond motifs is 9. The molecule has 0 bridgehead atoms. The zero-order valence-electron chi connectivity index (χ0n) is 32.4. The van der Waals surface area contributed by atoms with Crippen molar-refractivity contribution in [2.75, 3.05) is 0 Å². The van der Waals surface area contributed by atoms with Gasteiger partial charge in [-0.05, 0) is 86.3 Å². The van der Waals surface area contributed by atoms with E-state index >= 15 is 0 Å². The van der Waals surface area contributed by atoms with Crippen LogP contribution in [0.3, 0.4) is 0 Å². The first kappa shape index (κ1) is 33.9. The summed E-state index contributed by atoms with van der Waals surface area (Å²) in [5, 5.41) is 8.41. The molecular weight excluding hydrogens is 731 g/mol. The number of hydrogen-bond donors (Lipinski definition) is 0. The molecule has 0 saturated heterocycles. The summed E-state index contributed by atoms with van der Waals surface area (Å²) >= 11 is 0. The van der Waals surface area contributed by atoms with E-state index in [1.54, 1.807) is 0 Å². The highest BCUT2D eigenvalue weighted by Gasteiger charge is 2.27. The first-order valence-corrected chi connectivity index (χ1v) is 20.3. The van der Waals surface area contributed by atoms with Crippen molar-refractivity contribution >= 4 is 48.9 Å². The van der Waals surface area contributed by atoms with Gasteiger partial charge in [0.1, 0.15) is 11.5 Å². The van der Waals surface area contributed by atoms with Crippen LogP contribution in [-0.2, 0) is 0 Å². The van der Waals surface area contributed by atoms with Gasteiger partial charge in [0, 0.05) is 57.6 Å². The van der Waals surface area contributed by atoms with Gasteiger partial charge < -0.3 is 4.40 Å². The van der Waals surface area contributed by atoms with Crippen molar-refractivity contribution in [3.63, 3.8) is 0 Å². The number of benzene rings is 7. The monoisotopic (exact) mass is 765 g/mol. The molecule has 0 N–H and O–H groups in total. The van der Waals surface area contributed by atoms with Gasteiger partial charge >= 0.3 is 0 Å². The Bertz CT molecular complexity index is 3540. The van der Waals surface area contributed by atoms with E-state index in [1.807, 2.05) is 48.9 Å². The van der Waals surface area contributed by atoms with E-state index in [0.717, 1.165) is 61.9 Å². The molecule has 0 aliphatic carbocycles. The van der Waals surface area contributed by atoms with Crippen LogP contribution in [0.2, 0.25) is 0 Å². The minimum absolute atomic E-state index is 0.853. The van der Waals surface area contributed by atoms with Crippen molar-refractivity contribution in [1.29, 1.82) is 0 Å². The van der Waals surface area contributed by atoms with Gasteiger partial charge in [-0.25, -0.2) is 9.97 Å². The molecule has 0 aliphatic rings. The van der Waals surface area contributed by atoms with Crippen LogP contribution in [0.25, 0.3) is 111 Å². The summed E-state index contributed by atoms with van der Waals surface area (Å²) < 4.78 is 4.49. The van der Waals surface area contributed by atoms with Crippen molar-refractivity contribution in [2.24, 2.45) is 0 Å². The van der Waals surface area contributed by atoms with Crippen LogP contribution in [-0.4, -0.2) is 23.9 Å². The van der Waals surface area contributed by atoms with E-state index < -0.39 is 0 Å². The molecule has 0 spiro atoms. The Morgan fingerprint density at radius 3 is 1.82 bits per heavy atom. The van der Waals surface area contributed by atoms with Crippen molar-refractivity contribution in [3.05, 3.63) is 213 Å². The number of aromatic nitrogens is 5. The molecule has 5 nitrogen and oxygen atoms in total. The molecule has 0 aliphatic heterocycles. The molecule has 0 atom stereocenters. The first-order valence-electron chi connectivity index (χ1n) is 20.3. The summed E-state index contributed by atoms with van der Waals surface area (Å²) in [5.74, 6) is 0.853. The highest BCUT2D eigenvalue weighted by Crippen LogP contribution is 2.51. The topological polar surface area (TPSA) is 48.0 Å². The van der Waals surface area contributed by atoms with Crippen molar-refractivity contribution in [3.8, 4) is 61.8 Å². The lowest BCUT2D eigenvalue weighted by atomic mass is 9.87. The van der Waals surface area contributed by atoms with E-state index in [2.05, 4.69) is 178 Å². The minimum Gasteiger partial charge on any atom is -0.306 e. The van der Waals surface area contributed by atoms with Crippen LogP contribution in [0.15, 0.2) is 213 Å². The third-order valence-corrected chi connectivity index (χ3v) is 11.8. The molecule has 0 unspecified atom stereocenters. The molecule has 60 heavy (non-hydrogen) atoms. The zero-order chi connectivity index (χ0) is 39.6. The molecule has 0 saturated carbocycles. The second-order valence-corrected chi connectivity index (χ2v) is 15.2. The van der Waals surface area contributed by atoms with E-state index in [9.17, 15) is 0 Å². The number of hydrogen-bond acceptors (Lipinski definition) is 3. The Balaban J connectivity index is 1.21. The highest BCUT2D eigenvalue weighted by molar-refractivity contribution is 6.36. The predicted molar refractivity (Wildman–Crippen MR) is 247 cm³/mol. The fourth-order valence-corrected chi connectivity index (χ4v) is 9.20. The number of pyridine rings is 3.